The van der Waals surface area contributed by atoms with Crippen molar-refractivity contribution < 1.29 is 0 Å². The maximum Gasteiger partial charge on any atom is 0.150 e. The van der Waals surface area contributed by atoms with Crippen molar-refractivity contribution in [2.75, 3.05) is 0 Å². The van der Waals surface area contributed by atoms with Crippen molar-refractivity contribution in [2.45, 2.75) is 13.0 Å². The summed E-state index contributed by atoms with van der Waals surface area (Å²) in [6, 6.07) is 6.17. The molecule has 2 heterocycles. The quantitative estimate of drug-likeness (QED) is 0.769. The first kappa shape index (κ1) is 8.97. The molecular formula is C10H9N3S. The average molecular weight is 203 g/mol. The van der Waals surface area contributed by atoms with E-state index in [1.165, 1.54) is 0 Å². The molecule has 0 saturated heterocycles. The zero-order chi connectivity index (χ0) is 9.80. The molecule has 0 saturated carbocycles. The highest BCUT2D eigenvalue weighted by molar-refractivity contribution is 7.13. The van der Waals surface area contributed by atoms with Gasteiger partial charge in [0.25, 0.3) is 0 Å². The normalized spacial score (nSPS) is 9.93. The van der Waals surface area contributed by atoms with Crippen molar-refractivity contribution in [2.24, 2.45) is 0 Å². The Morgan fingerprint density at radius 1 is 1.57 bits per heavy atom. The van der Waals surface area contributed by atoms with Gasteiger partial charge >= 0.3 is 0 Å². The van der Waals surface area contributed by atoms with Crippen molar-refractivity contribution in [1.82, 2.24) is 9.55 Å². The largest absolute Gasteiger partial charge is 0.329 e. The van der Waals surface area contributed by atoms with Crippen LogP contribution in [0.3, 0.4) is 0 Å². The fourth-order valence-electron chi connectivity index (χ4n) is 1.29. The van der Waals surface area contributed by atoms with Crippen molar-refractivity contribution in [3.05, 3.63) is 29.9 Å². The Morgan fingerprint density at radius 2 is 2.50 bits per heavy atom. The second kappa shape index (κ2) is 4.07. The second-order valence-corrected chi connectivity index (χ2v) is 3.78. The van der Waals surface area contributed by atoms with Crippen LogP contribution in [-0.2, 0) is 6.54 Å². The van der Waals surface area contributed by atoms with E-state index >= 15 is 0 Å². The SMILES string of the molecule is N#CCCn1ccnc1-c1cccs1. The number of rotatable bonds is 3. The minimum atomic E-state index is 0.523. The summed E-state index contributed by atoms with van der Waals surface area (Å²) in [4.78, 5) is 5.42. The summed E-state index contributed by atoms with van der Waals surface area (Å²) in [5, 5.41) is 10.5. The molecule has 2 aromatic heterocycles. The number of hydrogen-bond acceptors (Lipinski definition) is 3. The van der Waals surface area contributed by atoms with Gasteiger partial charge in [-0.2, -0.15) is 5.26 Å². The topological polar surface area (TPSA) is 41.6 Å². The summed E-state index contributed by atoms with van der Waals surface area (Å²) in [7, 11) is 0. The lowest BCUT2D eigenvalue weighted by Crippen LogP contribution is -1.97. The van der Waals surface area contributed by atoms with Gasteiger partial charge in [0.1, 0.15) is 5.82 Å². The van der Waals surface area contributed by atoms with E-state index in [4.69, 9.17) is 5.26 Å². The zero-order valence-electron chi connectivity index (χ0n) is 7.55. The summed E-state index contributed by atoms with van der Waals surface area (Å²) in [5.41, 5.74) is 0. The fraction of sp³-hybridized carbons (Fsp3) is 0.200. The smallest absolute Gasteiger partial charge is 0.150 e. The highest BCUT2D eigenvalue weighted by Crippen LogP contribution is 2.22. The highest BCUT2D eigenvalue weighted by atomic mass is 32.1. The summed E-state index contributed by atoms with van der Waals surface area (Å²) in [5.74, 6) is 0.954. The predicted molar refractivity (Wildman–Crippen MR) is 55.8 cm³/mol. The van der Waals surface area contributed by atoms with E-state index in [9.17, 15) is 0 Å². The van der Waals surface area contributed by atoms with E-state index in [2.05, 4.69) is 11.1 Å². The van der Waals surface area contributed by atoms with E-state index in [1.807, 2.05) is 28.3 Å². The van der Waals surface area contributed by atoms with E-state index in [1.54, 1.807) is 17.5 Å². The Labute approximate surface area is 86.3 Å². The number of imidazole rings is 1. The maximum atomic E-state index is 8.51. The maximum absolute atomic E-state index is 8.51. The lowest BCUT2D eigenvalue weighted by Gasteiger charge is -2.02. The molecule has 0 spiro atoms. The van der Waals surface area contributed by atoms with E-state index in [0.717, 1.165) is 10.7 Å². The molecule has 0 aliphatic heterocycles. The molecule has 2 rings (SSSR count). The summed E-state index contributed by atoms with van der Waals surface area (Å²) in [6.07, 6.45) is 4.20. The minimum absolute atomic E-state index is 0.523. The van der Waals surface area contributed by atoms with Crippen LogP contribution in [0.5, 0.6) is 0 Å². The number of nitriles is 1. The van der Waals surface area contributed by atoms with Crippen LogP contribution in [0.25, 0.3) is 10.7 Å². The molecule has 0 fully saturated rings. The molecule has 0 aliphatic carbocycles. The Bertz CT molecular complexity index is 436. The first-order valence-electron chi connectivity index (χ1n) is 4.34. The van der Waals surface area contributed by atoms with Crippen molar-refractivity contribution in [1.29, 1.82) is 5.26 Å². The van der Waals surface area contributed by atoms with E-state index < -0.39 is 0 Å². The van der Waals surface area contributed by atoms with Gasteiger partial charge in [0, 0.05) is 18.9 Å². The third-order valence-corrected chi connectivity index (χ3v) is 2.79. The summed E-state index contributed by atoms with van der Waals surface area (Å²) in [6.45, 7) is 0.712. The van der Waals surface area contributed by atoms with Gasteiger partial charge in [-0.1, -0.05) is 6.07 Å². The molecule has 4 heteroatoms. The molecule has 0 radical (unpaired) electrons. The molecule has 0 N–H and O–H groups in total. The van der Waals surface area contributed by atoms with Gasteiger partial charge in [0.15, 0.2) is 0 Å². The van der Waals surface area contributed by atoms with Crippen LogP contribution in [0.1, 0.15) is 6.42 Å². The highest BCUT2D eigenvalue weighted by Gasteiger charge is 2.05. The number of aryl methyl sites for hydroxylation is 1. The van der Waals surface area contributed by atoms with Gasteiger partial charge in [-0.05, 0) is 11.4 Å². The molecule has 70 valence electrons. The van der Waals surface area contributed by atoms with Crippen LogP contribution in [0.4, 0.5) is 0 Å². The number of hydrogen-bond donors (Lipinski definition) is 0. The lowest BCUT2D eigenvalue weighted by molar-refractivity contribution is 0.724. The Balaban J connectivity index is 2.27. The molecule has 14 heavy (non-hydrogen) atoms. The molecule has 0 unspecified atom stereocenters. The molecule has 0 aromatic carbocycles. The molecule has 2 aromatic rings. The Morgan fingerprint density at radius 3 is 3.21 bits per heavy atom. The summed E-state index contributed by atoms with van der Waals surface area (Å²) < 4.78 is 2.01. The molecule has 0 amide bonds. The lowest BCUT2D eigenvalue weighted by atomic mass is 10.4. The second-order valence-electron chi connectivity index (χ2n) is 2.83. The Kier molecular flexibility index (Phi) is 2.61. The number of nitrogens with zero attached hydrogens (tertiary/aromatic N) is 3. The van der Waals surface area contributed by atoms with Gasteiger partial charge in [-0.3, -0.25) is 0 Å². The fourth-order valence-corrected chi connectivity index (χ4v) is 2.03. The summed E-state index contributed by atoms with van der Waals surface area (Å²) >= 11 is 1.66. The van der Waals surface area contributed by atoms with Crippen LogP contribution in [0, 0.1) is 11.3 Å². The van der Waals surface area contributed by atoms with E-state index in [-0.39, 0.29) is 0 Å². The molecule has 0 atom stereocenters. The minimum Gasteiger partial charge on any atom is -0.329 e. The number of aromatic nitrogens is 2. The van der Waals surface area contributed by atoms with Gasteiger partial charge in [-0.15, -0.1) is 11.3 Å². The van der Waals surface area contributed by atoms with Crippen LogP contribution < -0.4 is 0 Å². The van der Waals surface area contributed by atoms with Gasteiger partial charge < -0.3 is 4.57 Å². The van der Waals surface area contributed by atoms with Gasteiger partial charge in [0.2, 0.25) is 0 Å². The van der Waals surface area contributed by atoms with Crippen molar-refractivity contribution >= 4 is 11.3 Å². The van der Waals surface area contributed by atoms with Crippen LogP contribution in [-0.4, -0.2) is 9.55 Å². The van der Waals surface area contributed by atoms with Crippen LogP contribution in [0.15, 0.2) is 29.9 Å². The predicted octanol–water partition coefficient (Wildman–Crippen LogP) is 2.53. The van der Waals surface area contributed by atoms with Crippen LogP contribution >= 0.6 is 11.3 Å². The molecule has 3 nitrogen and oxygen atoms in total. The third-order valence-electron chi connectivity index (χ3n) is 1.92. The van der Waals surface area contributed by atoms with Crippen LogP contribution in [0.2, 0.25) is 0 Å². The standard InChI is InChI=1S/C10H9N3S/c11-4-2-6-13-7-5-12-10(13)9-3-1-8-14-9/h1,3,5,7-8H,2,6H2. The first-order chi connectivity index (χ1) is 6.92. The number of thiophene rings is 1. The Hall–Kier alpha value is -1.60. The molecule has 0 aliphatic rings. The first-order valence-corrected chi connectivity index (χ1v) is 5.22. The van der Waals surface area contributed by atoms with Crippen molar-refractivity contribution in [3.63, 3.8) is 0 Å². The third kappa shape index (κ3) is 1.68. The monoisotopic (exact) mass is 203 g/mol. The zero-order valence-corrected chi connectivity index (χ0v) is 8.37. The van der Waals surface area contributed by atoms with Crippen molar-refractivity contribution in [3.8, 4) is 16.8 Å². The van der Waals surface area contributed by atoms with E-state index in [0.29, 0.717) is 13.0 Å². The van der Waals surface area contributed by atoms with Gasteiger partial charge in [0.05, 0.1) is 17.4 Å². The molecular weight excluding hydrogens is 194 g/mol. The molecule has 0 bridgehead atoms. The average Bonchev–Trinajstić information content (AvgIpc) is 2.84. The van der Waals surface area contributed by atoms with Gasteiger partial charge in [-0.25, -0.2) is 4.98 Å².